The smallest absolute Gasteiger partial charge is 0.227 e. The van der Waals surface area contributed by atoms with Gasteiger partial charge in [0.25, 0.3) is 0 Å². The van der Waals surface area contributed by atoms with Gasteiger partial charge in [-0.3, -0.25) is 4.99 Å². The minimum atomic E-state index is 0.505. The third-order valence-electron chi connectivity index (χ3n) is 4.05. The highest BCUT2D eigenvalue weighted by Crippen LogP contribution is 2.29. The first-order valence-electron chi connectivity index (χ1n) is 8.06. The summed E-state index contributed by atoms with van der Waals surface area (Å²) in [5.41, 5.74) is 5.28. The molecule has 0 amide bonds. The lowest BCUT2D eigenvalue weighted by molar-refractivity contribution is 0.619. The van der Waals surface area contributed by atoms with Gasteiger partial charge < -0.3 is 4.42 Å². The fourth-order valence-electron chi connectivity index (χ4n) is 2.67. The lowest BCUT2D eigenvalue weighted by atomic mass is 10.1. The second kappa shape index (κ2) is 6.94. The Morgan fingerprint density at radius 1 is 0.962 bits per heavy atom. The molecule has 0 N–H and O–H groups in total. The number of benzene rings is 3. The average molecular weight is 381 g/mol. The lowest BCUT2D eigenvalue weighted by Gasteiger charge is -1.98. The molecule has 3 nitrogen and oxygen atoms in total. The van der Waals surface area contributed by atoms with Gasteiger partial charge in [0, 0.05) is 11.8 Å². The van der Waals surface area contributed by atoms with E-state index in [9.17, 15) is 0 Å². The summed E-state index contributed by atoms with van der Waals surface area (Å²) in [5.74, 6) is 0.615. The molecule has 0 saturated carbocycles. The van der Waals surface area contributed by atoms with E-state index < -0.39 is 0 Å². The fourth-order valence-corrected chi connectivity index (χ4v) is 2.97. The molecule has 0 aliphatic carbocycles. The van der Waals surface area contributed by atoms with Gasteiger partial charge in [-0.2, -0.15) is 0 Å². The van der Waals surface area contributed by atoms with Crippen LogP contribution in [-0.2, 0) is 0 Å². The van der Waals surface area contributed by atoms with E-state index in [1.54, 1.807) is 18.3 Å². The van der Waals surface area contributed by atoms with Crippen molar-refractivity contribution in [3.63, 3.8) is 0 Å². The second-order valence-electron chi connectivity index (χ2n) is 5.92. The highest BCUT2D eigenvalue weighted by Gasteiger charge is 2.10. The summed E-state index contributed by atoms with van der Waals surface area (Å²) < 4.78 is 5.89. The molecule has 0 atom stereocenters. The monoisotopic (exact) mass is 380 g/mol. The number of halogens is 2. The normalized spacial score (nSPS) is 11.5. The van der Waals surface area contributed by atoms with Crippen molar-refractivity contribution in [3.8, 4) is 11.5 Å². The summed E-state index contributed by atoms with van der Waals surface area (Å²) in [6.07, 6.45) is 1.74. The zero-order chi connectivity index (χ0) is 18.1. The Balaban J connectivity index is 1.66. The van der Waals surface area contributed by atoms with Gasteiger partial charge in [0.1, 0.15) is 5.52 Å². The van der Waals surface area contributed by atoms with Crippen molar-refractivity contribution in [2.45, 2.75) is 6.92 Å². The molecule has 5 heteroatoms. The molecule has 0 bridgehead atoms. The highest BCUT2D eigenvalue weighted by molar-refractivity contribution is 6.42. The van der Waals surface area contributed by atoms with Crippen molar-refractivity contribution < 1.29 is 4.42 Å². The van der Waals surface area contributed by atoms with Gasteiger partial charge in [-0.05, 0) is 54.4 Å². The average Bonchev–Trinajstić information content (AvgIpc) is 3.06. The van der Waals surface area contributed by atoms with Gasteiger partial charge in [0.2, 0.25) is 5.89 Å². The van der Waals surface area contributed by atoms with Crippen LogP contribution in [0.4, 0.5) is 5.69 Å². The van der Waals surface area contributed by atoms with Gasteiger partial charge in [-0.15, -0.1) is 0 Å². The molecule has 128 valence electrons. The minimum Gasteiger partial charge on any atom is -0.436 e. The maximum Gasteiger partial charge on any atom is 0.227 e. The van der Waals surface area contributed by atoms with Crippen LogP contribution in [0.15, 0.2) is 70.1 Å². The van der Waals surface area contributed by atoms with Crippen molar-refractivity contribution in [2.75, 3.05) is 0 Å². The van der Waals surface area contributed by atoms with Crippen molar-refractivity contribution in [2.24, 2.45) is 4.99 Å². The molecule has 0 aliphatic rings. The molecule has 4 rings (SSSR count). The first kappa shape index (κ1) is 16.8. The van der Waals surface area contributed by atoms with Crippen LogP contribution in [0.3, 0.4) is 0 Å². The van der Waals surface area contributed by atoms with Gasteiger partial charge in [-0.1, -0.05) is 47.5 Å². The number of aryl methyl sites for hydroxylation is 1. The molecule has 0 fully saturated rings. The van der Waals surface area contributed by atoms with Crippen LogP contribution >= 0.6 is 23.2 Å². The number of hydrogen-bond donors (Lipinski definition) is 0. The van der Waals surface area contributed by atoms with E-state index in [4.69, 9.17) is 27.6 Å². The zero-order valence-electron chi connectivity index (χ0n) is 13.9. The Morgan fingerprint density at radius 3 is 2.62 bits per heavy atom. The molecular formula is C21H14Cl2N2O. The maximum absolute atomic E-state index is 6.03. The van der Waals surface area contributed by atoms with Crippen LogP contribution in [-0.4, -0.2) is 11.2 Å². The Kier molecular flexibility index (Phi) is 4.49. The molecule has 3 aromatic carbocycles. The first-order chi connectivity index (χ1) is 12.6. The van der Waals surface area contributed by atoms with Crippen molar-refractivity contribution in [1.82, 2.24) is 4.98 Å². The number of aliphatic imine (C=N–C) groups is 1. The molecule has 0 radical (unpaired) electrons. The van der Waals surface area contributed by atoms with Gasteiger partial charge in [0.05, 0.1) is 15.7 Å². The van der Waals surface area contributed by atoms with E-state index in [-0.39, 0.29) is 0 Å². The van der Waals surface area contributed by atoms with Crippen molar-refractivity contribution >= 4 is 46.2 Å². The Hall–Kier alpha value is -2.62. The van der Waals surface area contributed by atoms with Crippen LogP contribution in [0.1, 0.15) is 11.1 Å². The lowest BCUT2D eigenvalue weighted by Crippen LogP contribution is -1.81. The fraction of sp³-hybridized carbons (Fsp3) is 0.0476. The molecular weight excluding hydrogens is 367 g/mol. The third-order valence-corrected chi connectivity index (χ3v) is 4.79. The quantitative estimate of drug-likeness (QED) is 0.364. The van der Waals surface area contributed by atoms with E-state index in [1.165, 1.54) is 0 Å². The summed E-state index contributed by atoms with van der Waals surface area (Å²) in [4.78, 5) is 9.09. The molecule has 26 heavy (non-hydrogen) atoms. The molecule has 4 aromatic rings. The van der Waals surface area contributed by atoms with E-state index in [2.05, 4.69) is 9.98 Å². The van der Waals surface area contributed by atoms with Gasteiger partial charge in [0.15, 0.2) is 5.58 Å². The maximum atomic E-state index is 6.03. The molecule has 0 unspecified atom stereocenters. The summed E-state index contributed by atoms with van der Waals surface area (Å²) in [6.45, 7) is 2.04. The van der Waals surface area contributed by atoms with E-state index in [0.717, 1.165) is 33.5 Å². The van der Waals surface area contributed by atoms with Gasteiger partial charge in [-0.25, -0.2) is 4.98 Å². The van der Waals surface area contributed by atoms with Crippen LogP contribution in [0.25, 0.3) is 22.6 Å². The molecule has 0 spiro atoms. The van der Waals surface area contributed by atoms with Crippen molar-refractivity contribution in [1.29, 1.82) is 0 Å². The molecule has 1 aromatic heterocycles. The van der Waals surface area contributed by atoms with Gasteiger partial charge >= 0.3 is 0 Å². The first-order valence-corrected chi connectivity index (χ1v) is 8.81. The van der Waals surface area contributed by atoms with Crippen LogP contribution in [0.5, 0.6) is 0 Å². The van der Waals surface area contributed by atoms with E-state index in [0.29, 0.717) is 15.9 Å². The summed E-state index contributed by atoms with van der Waals surface area (Å²) >= 11 is 12.0. The largest absolute Gasteiger partial charge is 0.436 e. The summed E-state index contributed by atoms with van der Waals surface area (Å²) in [6, 6.07) is 19.1. The van der Waals surface area contributed by atoms with E-state index >= 15 is 0 Å². The van der Waals surface area contributed by atoms with E-state index in [1.807, 2.05) is 55.5 Å². The SMILES string of the molecule is Cc1ccccc1-c1nc2cc(N=Cc3ccc(Cl)c(Cl)c3)ccc2o1. The molecule has 0 aliphatic heterocycles. The summed E-state index contributed by atoms with van der Waals surface area (Å²) in [7, 11) is 0. The standard InChI is InChI=1S/C21H14Cl2N2O/c1-13-4-2-3-5-16(13)21-25-19-11-15(7-9-20(19)26-21)24-12-14-6-8-17(22)18(23)10-14/h2-12H,1H3. The molecule has 0 saturated heterocycles. The number of hydrogen-bond acceptors (Lipinski definition) is 3. The zero-order valence-corrected chi connectivity index (χ0v) is 15.4. The van der Waals surface area contributed by atoms with Crippen LogP contribution in [0, 0.1) is 6.92 Å². The Morgan fingerprint density at radius 2 is 1.81 bits per heavy atom. The van der Waals surface area contributed by atoms with Crippen LogP contribution in [0.2, 0.25) is 10.0 Å². The van der Waals surface area contributed by atoms with Crippen molar-refractivity contribution in [3.05, 3.63) is 81.8 Å². The predicted molar refractivity (Wildman–Crippen MR) is 108 cm³/mol. The number of nitrogens with zero attached hydrogens (tertiary/aromatic N) is 2. The number of aromatic nitrogens is 1. The molecule has 1 heterocycles. The van der Waals surface area contributed by atoms with Crippen LogP contribution < -0.4 is 0 Å². The minimum absolute atomic E-state index is 0.505. The topological polar surface area (TPSA) is 38.4 Å². The second-order valence-corrected chi connectivity index (χ2v) is 6.73. The Bertz CT molecular complexity index is 1130. The predicted octanol–water partition coefficient (Wildman–Crippen LogP) is 6.86. The number of rotatable bonds is 3. The third kappa shape index (κ3) is 3.36. The number of oxazole rings is 1. The Labute approximate surface area is 160 Å². The number of fused-ring (bicyclic) bond motifs is 1. The summed E-state index contributed by atoms with van der Waals surface area (Å²) in [5, 5.41) is 1.03. The highest BCUT2D eigenvalue weighted by atomic mass is 35.5.